The van der Waals surface area contributed by atoms with Gasteiger partial charge >= 0.3 is 0 Å². The number of hydrogen-bond acceptors (Lipinski definition) is 4. The van der Waals surface area contributed by atoms with Crippen molar-refractivity contribution in [2.45, 2.75) is 13.0 Å². The molecule has 5 heteroatoms. The molecule has 0 spiro atoms. The largest absolute Gasteiger partial charge is 0.345 e. The average Bonchev–Trinajstić information content (AvgIpc) is 3.26. The van der Waals surface area contributed by atoms with E-state index in [9.17, 15) is 0 Å². The quantitative estimate of drug-likeness (QED) is 0.383. The summed E-state index contributed by atoms with van der Waals surface area (Å²) >= 11 is 8.14. The minimum atomic E-state index is 0.279. The molecule has 4 aromatic rings. The molecule has 152 valence electrons. The standard InChI is InChI=1S/C25H24ClN3S/c1-18-12-13-21(26)24-22(18)27-25(30-24)29-16-14-28(15-17-29)23(19-8-4-2-5-9-19)20-10-6-3-7-11-20/h2-13,23H,14-17H2,1H3. The molecule has 0 unspecified atom stereocenters. The van der Waals surface area contributed by atoms with E-state index < -0.39 is 0 Å². The third-order valence-corrected chi connectivity index (χ3v) is 7.44. The van der Waals surface area contributed by atoms with Gasteiger partial charge in [0.05, 0.1) is 21.3 Å². The second-order valence-electron chi connectivity index (χ2n) is 7.79. The summed E-state index contributed by atoms with van der Waals surface area (Å²) in [5.74, 6) is 0. The Hall–Kier alpha value is -2.40. The van der Waals surface area contributed by atoms with Crippen molar-refractivity contribution in [1.29, 1.82) is 0 Å². The molecular formula is C25H24ClN3S. The molecule has 0 N–H and O–H groups in total. The van der Waals surface area contributed by atoms with Gasteiger partial charge in [0, 0.05) is 26.2 Å². The van der Waals surface area contributed by atoms with E-state index in [1.165, 1.54) is 16.7 Å². The highest BCUT2D eigenvalue weighted by Gasteiger charge is 2.27. The molecule has 0 aliphatic carbocycles. The van der Waals surface area contributed by atoms with Gasteiger partial charge in [0.25, 0.3) is 0 Å². The van der Waals surface area contributed by atoms with Crippen LogP contribution in [0.5, 0.6) is 0 Å². The summed E-state index contributed by atoms with van der Waals surface area (Å²) in [5.41, 5.74) is 4.92. The Labute approximate surface area is 186 Å². The number of halogens is 1. The minimum absolute atomic E-state index is 0.279. The first-order valence-corrected chi connectivity index (χ1v) is 11.5. The number of aromatic nitrogens is 1. The van der Waals surface area contributed by atoms with E-state index in [2.05, 4.69) is 83.5 Å². The molecule has 1 aromatic heterocycles. The van der Waals surface area contributed by atoms with Crippen molar-refractivity contribution in [2.24, 2.45) is 0 Å². The smallest absolute Gasteiger partial charge is 0.186 e. The molecule has 0 atom stereocenters. The summed E-state index contributed by atoms with van der Waals surface area (Å²) in [6.45, 7) is 6.03. The third kappa shape index (κ3) is 3.71. The molecule has 0 amide bonds. The van der Waals surface area contributed by atoms with Gasteiger partial charge in [0.2, 0.25) is 0 Å². The van der Waals surface area contributed by atoms with Gasteiger partial charge in [-0.1, -0.05) is 89.7 Å². The van der Waals surface area contributed by atoms with Crippen LogP contribution in [0.15, 0.2) is 72.8 Å². The van der Waals surface area contributed by atoms with Gasteiger partial charge in [-0.05, 0) is 29.7 Å². The first kappa shape index (κ1) is 19.6. The highest BCUT2D eigenvalue weighted by atomic mass is 35.5. The molecule has 3 aromatic carbocycles. The van der Waals surface area contributed by atoms with Crippen molar-refractivity contribution in [2.75, 3.05) is 31.1 Å². The van der Waals surface area contributed by atoms with E-state index in [0.29, 0.717) is 0 Å². The molecule has 0 saturated carbocycles. The summed E-state index contributed by atoms with van der Waals surface area (Å²) < 4.78 is 1.10. The van der Waals surface area contributed by atoms with Crippen molar-refractivity contribution < 1.29 is 0 Å². The van der Waals surface area contributed by atoms with E-state index in [0.717, 1.165) is 46.5 Å². The summed E-state index contributed by atoms with van der Waals surface area (Å²) in [4.78, 5) is 9.92. The zero-order valence-corrected chi connectivity index (χ0v) is 18.5. The van der Waals surface area contributed by atoms with E-state index in [4.69, 9.17) is 16.6 Å². The summed E-state index contributed by atoms with van der Waals surface area (Å²) in [6.07, 6.45) is 0. The van der Waals surface area contributed by atoms with Crippen molar-refractivity contribution in [3.05, 3.63) is 94.5 Å². The monoisotopic (exact) mass is 433 g/mol. The number of hydrogen-bond donors (Lipinski definition) is 0. The summed E-state index contributed by atoms with van der Waals surface area (Å²) in [6, 6.07) is 26.0. The molecule has 30 heavy (non-hydrogen) atoms. The highest BCUT2D eigenvalue weighted by Crippen LogP contribution is 2.37. The van der Waals surface area contributed by atoms with Crippen LogP contribution >= 0.6 is 22.9 Å². The zero-order valence-electron chi connectivity index (χ0n) is 17.0. The maximum Gasteiger partial charge on any atom is 0.186 e. The van der Waals surface area contributed by atoms with Gasteiger partial charge in [0.1, 0.15) is 0 Å². The number of fused-ring (bicyclic) bond motifs is 1. The number of nitrogens with zero attached hydrogens (tertiary/aromatic N) is 3. The Morgan fingerprint density at radius 3 is 2.00 bits per heavy atom. The van der Waals surface area contributed by atoms with Crippen LogP contribution in [-0.2, 0) is 0 Å². The number of thiazole rings is 1. The predicted molar refractivity (Wildman–Crippen MR) is 128 cm³/mol. The summed E-state index contributed by atoms with van der Waals surface area (Å²) in [7, 11) is 0. The van der Waals surface area contributed by atoms with E-state index in [1.807, 2.05) is 6.07 Å². The maximum atomic E-state index is 6.43. The second-order valence-corrected chi connectivity index (χ2v) is 9.17. The summed E-state index contributed by atoms with van der Waals surface area (Å²) in [5, 5.41) is 1.88. The minimum Gasteiger partial charge on any atom is -0.345 e. The lowest BCUT2D eigenvalue weighted by Crippen LogP contribution is -2.47. The normalized spacial score (nSPS) is 15.2. The van der Waals surface area contributed by atoms with Crippen molar-refractivity contribution in [3.8, 4) is 0 Å². The van der Waals surface area contributed by atoms with Crippen LogP contribution in [0.2, 0.25) is 5.02 Å². The van der Waals surface area contributed by atoms with Crippen molar-refractivity contribution in [3.63, 3.8) is 0 Å². The van der Waals surface area contributed by atoms with Gasteiger partial charge in [-0.25, -0.2) is 4.98 Å². The van der Waals surface area contributed by atoms with Crippen molar-refractivity contribution in [1.82, 2.24) is 9.88 Å². The number of anilines is 1. The number of benzene rings is 3. The van der Waals surface area contributed by atoms with Crippen molar-refractivity contribution >= 4 is 38.3 Å². The molecule has 1 saturated heterocycles. The third-order valence-electron chi connectivity index (χ3n) is 5.87. The SMILES string of the molecule is Cc1ccc(Cl)c2sc(N3CCN(C(c4ccccc4)c4ccccc4)CC3)nc12. The van der Waals surface area contributed by atoms with Crippen LogP contribution in [0, 0.1) is 6.92 Å². The fourth-order valence-electron chi connectivity index (χ4n) is 4.28. The van der Waals surface area contributed by atoms with Gasteiger partial charge in [-0.2, -0.15) is 0 Å². The van der Waals surface area contributed by atoms with Crippen LogP contribution in [-0.4, -0.2) is 36.1 Å². The van der Waals surface area contributed by atoms with Gasteiger partial charge in [-0.3, -0.25) is 4.90 Å². The second kappa shape index (κ2) is 8.38. The lowest BCUT2D eigenvalue weighted by atomic mass is 9.96. The van der Waals surface area contributed by atoms with Gasteiger partial charge < -0.3 is 4.90 Å². The Morgan fingerprint density at radius 2 is 1.43 bits per heavy atom. The van der Waals surface area contributed by atoms with Crippen LogP contribution < -0.4 is 4.90 Å². The van der Waals surface area contributed by atoms with E-state index in [1.54, 1.807) is 11.3 Å². The fourth-order valence-corrected chi connectivity index (χ4v) is 5.65. The molecule has 1 aliphatic rings. The Morgan fingerprint density at radius 1 is 0.833 bits per heavy atom. The van der Waals surface area contributed by atoms with Crippen LogP contribution in [0.25, 0.3) is 10.2 Å². The number of rotatable bonds is 4. The first-order chi connectivity index (χ1) is 14.7. The molecule has 1 fully saturated rings. The predicted octanol–water partition coefficient (Wildman–Crippen LogP) is 6.17. The molecule has 0 radical (unpaired) electrons. The zero-order chi connectivity index (χ0) is 20.5. The Kier molecular flexibility index (Phi) is 5.47. The Bertz CT molecular complexity index is 1060. The van der Waals surface area contributed by atoms with Crippen LogP contribution in [0.4, 0.5) is 5.13 Å². The average molecular weight is 434 g/mol. The van der Waals surface area contributed by atoms with Gasteiger partial charge in [-0.15, -0.1) is 0 Å². The molecule has 0 bridgehead atoms. The first-order valence-electron chi connectivity index (χ1n) is 10.4. The lowest BCUT2D eigenvalue weighted by Gasteiger charge is -2.39. The maximum absolute atomic E-state index is 6.43. The Balaban J connectivity index is 1.39. The molecule has 5 rings (SSSR count). The van der Waals surface area contributed by atoms with Gasteiger partial charge in [0.15, 0.2) is 5.13 Å². The van der Waals surface area contributed by atoms with Crippen LogP contribution in [0.1, 0.15) is 22.7 Å². The lowest BCUT2D eigenvalue weighted by molar-refractivity contribution is 0.212. The van der Waals surface area contributed by atoms with E-state index in [-0.39, 0.29) is 6.04 Å². The molecule has 1 aliphatic heterocycles. The fraction of sp³-hybridized carbons (Fsp3) is 0.240. The van der Waals surface area contributed by atoms with E-state index >= 15 is 0 Å². The molecular weight excluding hydrogens is 410 g/mol. The highest BCUT2D eigenvalue weighted by molar-refractivity contribution is 7.22. The number of piperazine rings is 1. The molecule has 3 nitrogen and oxygen atoms in total. The number of aryl methyl sites for hydroxylation is 1. The van der Waals surface area contributed by atoms with Crippen LogP contribution in [0.3, 0.4) is 0 Å². The topological polar surface area (TPSA) is 19.4 Å². The molecule has 2 heterocycles.